The Balaban J connectivity index is 2.13. The van der Waals surface area contributed by atoms with Gasteiger partial charge in [-0.05, 0) is 61.0 Å². The topological polar surface area (TPSA) is 148 Å². The molecule has 0 saturated carbocycles. The lowest BCUT2D eigenvalue weighted by Gasteiger charge is -2.25. The molecule has 39 heavy (non-hydrogen) atoms. The van der Waals surface area contributed by atoms with Gasteiger partial charge in [-0.15, -0.1) is 5.10 Å². The van der Waals surface area contributed by atoms with Gasteiger partial charge in [-0.3, -0.25) is 0 Å². The van der Waals surface area contributed by atoms with Crippen molar-refractivity contribution >= 4 is 39.9 Å². The third-order valence-electron chi connectivity index (χ3n) is 5.95. The number of aliphatic imine (C=N–C) groups is 2. The molecule has 0 aliphatic heterocycles. The van der Waals surface area contributed by atoms with Crippen LogP contribution in [0.15, 0.2) is 60.6 Å². The number of ether oxygens (including phenoxy) is 2. The van der Waals surface area contributed by atoms with Gasteiger partial charge >= 0.3 is 11.8 Å². The molecule has 0 saturated heterocycles. The van der Waals surface area contributed by atoms with E-state index in [0.29, 0.717) is 16.7 Å². The van der Waals surface area contributed by atoms with Crippen LogP contribution in [-0.4, -0.2) is 45.6 Å². The van der Waals surface area contributed by atoms with Crippen LogP contribution in [0.1, 0.15) is 48.4 Å². The van der Waals surface area contributed by atoms with E-state index in [2.05, 4.69) is 31.6 Å². The Labute approximate surface area is 229 Å². The highest BCUT2D eigenvalue weighted by molar-refractivity contribution is 7.89. The van der Waals surface area contributed by atoms with Crippen molar-refractivity contribution in [1.82, 2.24) is 14.9 Å². The maximum absolute atomic E-state index is 15.3. The summed E-state index contributed by atoms with van der Waals surface area (Å²) in [6.07, 6.45) is 1.49. The molecule has 1 aromatic heterocycles. The number of hydrogen-bond donors (Lipinski definition) is 2. The molecular formula is C25H27ClFN5O6S. The first-order valence-electron chi connectivity index (χ1n) is 11.4. The van der Waals surface area contributed by atoms with Crippen molar-refractivity contribution in [3.05, 3.63) is 80.5 Å². The summed E-state index contributed by atoms with van der Waals surface area (Å²) in [7, 11) is -1.63. The molecule has 14 heteroatoms. The van der Waals surface area contributed by atoms with E-state index < -0.39 is 33.6 Å². The zero-order valence-electron chi connectivity index (χ0n) is 21.8. The molecule has 0 aliphatic carbocycles. The van der Waals surface area contributed by atoms with Crippen molar-refractivity contribution < 1.29 is 26.7 Å². The maximum atomic E-state index is 15.3. The van der Waals surface area contributed by atoms with Gasteiger partial charge in [-0.1, -0.05) is 24.6 Å². The van der Waals surface area contributed by atoms with E-state index in [-0.39, 0.29) is 33.1 Å². The van der Waals surface area contributed by atoms with E-state index in [1.807, 2.05) is 0 Å². The third-order valence-corrected chi connectivity index (χ3v) is 7.66. The van der Waals surface area contributed by atoms with Gasteiger partial charge in [0.05, 0.1) is 14.2 Å². The maximum Gasteiger partial charge on any atom is 0.434 e. The molecule has 0 bridgehead atoms. The summed E-state index contributed by atoms with van der Waals surface area (Å²) in [5.74, 6) is -2.72. The van der Waals surface area contributed by atoms with Crippen LogP contribution < -0.4 is 15.2 Å². The zero-order valence-corrected chi connectivity index (χ0v) is 23.4. The Hall–Kier alpha value is -3.81. The molecule has 2 N–H and O–H groups in total. The van der Waals surface area contributed by atoms with E-state index in [4.69, 9.17) is 25.5 Å². The predicted molar refractivity (Wildman–Crippen MR) is 145 cm³/mol. The molecule has 0 radical (unpaired) electrons. The summed E-state index contributed by atoms with van der Waals surface area (Å²) in [6.45, 7) is 8.39. The highest BCUT2D eigenvalue weighted by Crippen LogP contribution is 2.37. The number of amidine groups is 1. The van der Waals surface area contributed by atoms with Crippen molar-refractivity contribution in [2.24, 2.45) is 9.98 Å². The molecule has 3 rings (SSSR count). The number of methoxy groups -OCH3 is 2. The summed E-state index contributed by atoms with van der Waals surface area (Å²) in [5.41, 5.74) is 1.95. The fraction of sp³-hybridized carbons (Fsp3) is 0.280. The molecule has 1 heterocycles. The largest absolute Gasteiger partial charge is 0.495 e. The van der Waals surface area contributed by atoms with Crippen molar-refractivity contribution in [2.45, 2.75) is 37.6 Å². The number of allylic oxidation sites excluding steroid dienone is 1. The lowest BCUT2D eigenvalue weighted by molar-refractivity contribution is 0.374. The van der Waals surface area contributed by atoms with Gasteiger partial charge in [-0.2, -0.15) is 4.72 Å². The highest BCUT2D eigenvalue weighted by atomic mass is 35.5. The lowest BCUT2D eigenvalue weighted by Crippen LogP contribution is -2.33. The van der Waals surface area contributed by atoms with E-state index in [9.17, 15) is 13.2 Å². The van der Waals surface area contributed by atoms with Crippen LogP contribution in [0.4, 0.5) is 4.39 Å². The van der Waals surface area contributed by atoms with Gasteiger partial charge in [0.25, 0.3) is 0 Å². The van der Waals surface area contributed by atoms with Crippen molar-refractivity contribution in [2.75, 3.05) is 14.2 Å². The molecular weight excluding hydrogens is 553 g/mol. The molecule has 11 nitrogen and oxygen atoms in total. The summed E-state index contributed by atoms with van der Waals surface area (Å²) in [4.78, 5) is 19.3. The van der Waals surface area contributed by atoms with E-state index in [1.54, 1.807) is 26.8 Å². The second kappa shape index (κ2) is 12.4. The molecule has 208 valence electrons. The average Bonchev–Trinajstić information content (AvgIpc) is 3.33. The first-order valence-corrected chi connectivity index (χ1v) is 13.3. The average molecular weight is 580 g/mol. The van der Waals surface area contributed by atoms with E-state index >= 15 is 4.39 Å². The molecule has 2 atom stereocenters. The summed E-state index contributed by atoms with van der Waals surface area (Å²) in [5, 5.41) is 6.19. The molecule has 0 aliphatic rings. The Morgan fingerprint density at radius 2 is 2.03 bits per heavy atom. The Morgan fingerprint density at radius 1 is 1.31 bits per heavy atom. The van der Waals surface area contributed by atoms with Crippen LogP contribution in [0.2, 0.25) is 5.02 Å². The molecule has 0 amide bonds. The van der Waals surface area contributed by atoms with Crippen LogP contribution >= 0.6 is 11.6 Å². The summed E-state index contributed by atoms with van der Waals surface area (Å²) < 4.78 is 60.0. The standard InChI is InChI=1S/C25H27ClFN5O6S/c1-13(12-29-24(28-4)37-6)17-8-9-18(27)21(14(17)2)15(3)22(23-30-31-25(33)38-23)32-39(34,35)20-10-7-16(26)11-19(20)36-5/h7-12,15,22,32H,4H2,1-3,5-6H3,(H,31,33)/b13-12+,29-24+/t15-,22+/m1/s1. The van der Waals surface area contributed by atoms with Gasteiger partial charge < -0.3 is 13.9 Å². The van der Waals surface area contributed by atoms with Crippen LogP contribution in [0.25, 0.3) is 5.57 Å². The number of nitrogens with one attached hydrogen (secondary N) is 2. The van der Waals surface area contributed by atoms with Crippen molar-refractivity contribution in [1.29, 1.82) is 0 Å². The van der Waals surface area contributed by atoms with E-state index in [0.717, 1.165) is 0 Å². The fourth-order valence-electron chi connectivity index (χ4n) is 4.06. The smallest absolute Gasteiger partial charge is 0.434 e. The second-order valence-electron chi connectivity index (χ2n) is 8.35. The summed E-state index contributed by atoms with van der Waals surface area (Å²) in [6, 6.07) is 5.56. The quantitative estimate of drug-likeness (QED) is 0.282. The Kier molecular flexibility index (Phi) is 9.43. The first kappa shape index (κ1) is 29.7. The van der Waals surface area contributed by atoms with Crippen LogP contribution in [0.3, 0.4) is 0 Å². The Bertz CT molecular complexity index is 1600. The van der Waals surface area contributed by atoms with E-state index in [1.165, 1.54) is 44.7 Å². The molecule has 2 aromatic carbocycles. The highest BCUT2D eigenvalue weighted by Gasteiger charge is 2.34. The van der Waals surface area contributed by atoms with Crippen molar-refractivity contribution in [3.8, 4) is 5.75 Å². The van der Waals surface area contributed by atoms with Crippen LogP contribution in [0.5, 0.6) is 5.75 Å². The minimum Gasteiger partial charge on any atom is -0.495 e. The predicted octanol–water partition coefficient (Wildman–Crippen LogP) is 4.36. The molecule has 0 fully saturated rings. The monoisotopic (exact) mass is 579 g/mol. The number of halogens is 2. The summed E-state index contributed by atoms with van der Waals surface area (Å²) >= 11 is 5.98. The second-order valence-corrected chi connectivity index (χ2v) is 10.5. The molecule has 0 spiro atoms. The van der Waals surface area contributed by atoms with Gasteiger partial charge in [0.15, 0.2) is 0 Å². The first-order chi connectivity index (χ1) is 18.4. The normalized spacial score (nSPS) is 14.1. The number of aromatic amines is 1. The molecule has 3 aromatic rings. The number of sulfonamides is 1. The minimum absolute atomic E-state index is 0.0139. The van der Waals surface area contributed by atoms with Gasteiger partial charge in [0.1, 0.15) is 22.5 Å². The number of hydrogen-bond acceptors (Lipinski definition) is 8. The van der Waals surface area contributed by atoms with Gasteiger partial charge in [0, 0.05) is 23.2 Å². The zero-order chi connectivity index (χ0) is 28.9. The molecule has 0 unspecified atom stereocenters. The number of aromatic nitrogens is 2. The van der Waals surface area contributed by atoms with Gasteiger partial charge in [-0.25, -0.2) is 32.7 Å². The fourth-order valence-corrected chi connectivity index (χ4v) is 5.65. The SMILES string of the molecule is C=N/C(=N\C=C(/C)c1ccc(F)c([C@@H](C)[C@H](NS(=O)(=O)c2ccc(Cl)cc2OC)c2n[nH]c(=O)o2)c1C)OC. The van der Waals surface area contributed by atoms with Crippen LogP contribution in [0, 0.1) is 12.7 Å². The third kappa shape index (κ3) is 6.61. The number of H-pyrrole nitrogens is 1. The van der Waals surface area contributed by atoms with Crippen LogP contribution in [-0.2, 0) is 14.8 Å². The lowest BCUT2D eigenvalue weighted by atomic mass is 9.86. The minimum atomic E-state index is -4.32. The van der Waals surface area contributed by atoms with Crippen molar-refractivity contribution in [3.63, 3.8) is 0 Å². The number of rotatable bonds is 9. The Morgan fingerprint density at radius 3 is 2.62 bits per heavy atom. The van der Waals surface area contributed by atoms with Gasteiger partial charge in [0.2, 0.25) is 15.9 Å². The number of benzene rings is 2. The number of nitrogens with zero attached hydrogens (tertiary/aromatic N) is 3.